The molecule has 1 atom stereocenters. The molecule has 0 rings (SSSR count). The Hall–Kier alpha value is -1.59. The summed E-state index contributed by atoms with van der Waals surface area (Å²) in [6.45, 7) is 8.94. The summed E-state index contributed by atoms with van der Waals surface area (Å²) in [7, 11) is 0. The second kappa shape index (κ2) is 38.6. The van der Waals surface area contributed by atoms with Crippen LogP contribution in [-0.4, -0.2) is 37.2 Å². The van der Waals surface area contributed by atoms with Crippen LogP contribution in [0.5, 0.6) is 0 Å². The number of hydrogen-bond donors (Lipinski definition) is 0. The first kappa shape index (κ1) is 48.4. The molecule has 6 heteroatoms. The normalized spacial score (nSPS) is 11.9. The van der Waals surface area contributed by atoms with Crippen molar-refractivity contribution in [3.63, 3.8) is 0 Å². The van der Waals surface area contributed by atoms with E-state index >= 15 is 0 Å². The smallest absolute Gasteiger partial charge is 0.306 e. The summed E-state index contributed by atoms with van der Waals surface area (Å²) in [4.78, 5) is 37.6. The highest BCUT2D eigenvalue weighted by molar-refractivity contribution is 5.71. The monoisotopic (exact) mass is 709 g/mol. The Morgan fingerprint density at radius 1 is 0.380 bits per heavy atom. The molecule has 0 aromatic heterocycles. The Labute approximate surface area is 310 Å². The van der Waals surface area contributed by atoms with Crippen LogP contribution in [0.3, 0.4) is 0 Å². The molecule has 0 amide bonds. The van der Waals surface area contributed by atoms with Crippen molar-refractivity contribution < 1.29 is 28.6 Å². The first-order valence-corrected chi connectivity index (χ1v) is 21.9. The Morgan fingerprint density at radius 2 is 0.660 bits per heavy atom. The lowest BCUT2D eigenvalue weighted by atomic mass is 10.0. The highest BCUT2D eigenvalue weighted by Gasteiger charge is 2.19. The van der Waals surface area contributed by atoms with Crippen LogP contribution < -0.4 is 0 Å². The number of hydrogen-bond acceptors (Lipinski definition) is 6. The molecule has 0 aliphatic carbocycles. The Balaban J connectivity index is 4.33. The van der Waals surface area contributed by atoms with Gasteiger partial charge in [-0.05, 0) is 25.2 Å². The first-order valence-electron chi connectivity index (χ1n) is 21.9. The van der Waals surface area contributed by atoms with Crippen LogP contribution in [0.2, 0.25) is 0 Å². The molecule has 0 aromatic carbocycles. The van der Waals surface area contributed by atoms with Gasteiger partial charge in [0.05, 0.1) is 0 Å². The topological polar surface area (TPSA) is 78.9 Å². The zero-order chi connectivity index (χ0) is 36.8. The van der Waals surface area contributed by atoms with Crippen LogP contribution >= 0.6 is 0 Å². The van der Waals surface area contributed by atoms with Gasteiger partial charge < -0.3 is 14.2 Å². The van der Waals surface area contributed by atoms with Crippen molar-refractivity contribution in [3.05, 3.63) is 0 Å². The minimum Gasteiger partial charge on any atom is -0.462 e. The SMILES string of the molecule is CCCCCCCCCCCCCC(=O)O[C@@H](COC(=O)CCCCCCCCCCC)COC(=O)CCCCCCCCCCCC(C)C. The van der Waals surface area contributed by atoms with E-state index < -0.39 is 6.10 Å². The summed E-state index contributed by atoms with van der Waals surface area (Å²) in [6.07, 6.45) is 36.6. The fraction of sp³-hybridized carbons (Fsp3) is 0.932. The highest BCUT2D eigenvalue weighted by Crippen LogP contribution is 2.16. The van der Waals surface area contributed by atoms with Gasteiger partial charge in [-0.3, -0.25) is 14.4 Å². The van der Waals surface area contributed by atoms with E-state index in [1.165, 1.54) is 135 Å². The molecule has 0 aliphatic heterocycles. The number of unbranched alkanes of at least 4 members (excludes halogenated alkanes) is 26. The van der Waals surface area contributed by atoms with Crippen molar-refractivity contribution in [2.24, 2.45) is 5.92 Å². The Kier molecular flexibility index (Phi) is 37.4. The van der Waals surface area contributed by atoms with Gasteiger partial charge in [0.2, 0.25) is 0 Å². The van der Waals surface area contributed by atoms with E-state index in [0.717, 1.165) is 63.7 Å². The number of ether oxygens (including phenoxy) is 3. The maximum absolute atomic E-state index is 12.7. The van der Waals surface area contributed by atoms with E-state index in [0.29, 0.717) is 19.3 Å². The Morgan fingerprint density at radius 3 is 0.980 bits per heavy atom. The van der Waals surface area contributed by atoms with Crippen molar-refractivity contribution >= 4 is 17.9 Å². The van der Waals surface area contributed by atoms with Gasteiger partial charge in [-0.2, -0.15) is 0 Å². The number of esters is 3. The number of carbonyl (C=O) groups excluding carboxylic acids is 3. The van der Waals surface area contributed by atoms with Crippen LogP contribution in [-0.2, 0) is 28.6 Å². The third-order valence-corrected chi connectivity index (χ3v) is 9.79. The summed E-state index contributed by atoms with van der Waals surface area (Å²) in [6, 6.07) is 0. The van der Waals surface area contributed by atoms with Crippen molar-refractivity contribution in [3.8, 4) is 0 Å². The lowest BCUT2D eigenvalue weighted by Gasteiger charge is -2.18. The van der Waals surface area contributed by atoms with E-state index in [1.807, 2.05) is 0 Å². The molecule has 0 heterocycles. The maximum atomic E-state index is 12.7. The van der Waals surface area contributed by atoms with Crippen molar-refractivity contribution in [1.82, 2.24) is 0 Å². The summed E-state index contributed by atoms with van der Waals surface area (Å²) in [5.74, 6) is -0.0517. The van der Waals surface area contributed by atoms with Crippen molar-refractivity contribution in [2.75, 3.05) is 13.2 Å². The molecular formula is C44H84O6. The van der Waals surface area contributed by atoms with Gasteiger partial charge >= 0.3 is 17.9 Å². The van der Waals surface area contributed by atoms with Crippen molar-refractivity contribution in [2.45, 2.75) is 246 Å². The third kappa shape index (κ3) is 37.7. The molecule has 296 valence electrons. The van der Waals surface area contributed by atoms with Gasteiger partial charge in [0.25, 0.3) is 0 Å². The molecule has 0 saturated carbocycles. The van der Waals surface area contributed by atoms with Gasteiger partial charge in [-0.25, -0.2) is 0 Å². The molecule has 0 aromatic rings. The van der Waals surface area contributed by atoms with E-state index in [2.05, 4.69) is 27.7 Å². The van der Waals surface area contributed by atoms with Crippen LogP contribution in [0, 0.1) is 5.92 Å². The van der Waals surface area contributed by atoms with Crippen molar-refractivity contribution in [1.29, 1.82) is 0 Å². The molecule has 50 heavy (non-hydrogen) atoms. The molecule has 0 fully saturated rings. The molecule has 0 aliphatic rings. The molecule has 0 N–H and O–H groups in total. The highest BCUT2D eigenvalue weighted by atomic mass is 16.6. The quantitative estimate of drug-likeness (QED) is 0.0359. The number of rotatable bonds is 39. The molecule has 6 nitrogen and oxygen atoms in total. The van der Waals surface area contributed by atoms with Gasteiger partial charge in [0.1, 0.15) is 13.2 Å². The minimum atomic E-state index is -0.758. The minimum absolute atomic E-state index is 0.0645. The average Bonchev–Trinajstić information content (AvgIpc) is 3.09. The molecular weight excluding hydrogens is 624 g/mol. The van der Waals surface area contributed by atoms with Gasteiger partial charge in [-0.1, -0.05) is 201 Å². The Bertz CT molecular complexity index is 751. The largest absolute Gasteiger partial charge is 0.462 e. The molecule has 0 unspecified atom stereocenters. The van der Waals surface area contributed by atoms with Gasteiger partial charge in [-0.15, -0.1) is 0 Å². The summed E-state index contributed by atoms with van der Waals surface area (Å²) in [5, 5.41) is 0. The predicted molar refractivity (Wildman–Crippen MR) is 210 cm³/mol. The molecule has 0 spiro atoms. The lowest BCUT2D eigenvalue weighted by molar-refractivity contribution is -0.167. The maximum Gasteiger partial charge on any atom is 0.306 e. The zero-order valence-electron chi connectivity index (χ0n) is 33.9. The number of carbonyl (C=O) groups is 3. The van der Waals surface area contributed by atoms with E-state index in [1.54, 1.807) is 0 Å². The second-order valence-corrected chi connectivity index (χ2v) is 15.5. The summed E-state index contributed by atoms with van der Waals surface area (Å²) >= 11 is 0. The van der Waals surface area contributed by atoms with Crippen LogP contribution in [0.25, 0.3) is 0 Å². The van der Waals surface area contributed by atoms with Gasteiger partial charge in [0.15, 0.2) is 6.10 Å². The van der Waals surface area contributed by atoms with Crippen LogP contribution in [0.4, 0.5) is 0 Å². The summed E-state index contributed by atoms with van der Waals surface area (Å²) in [5.41, 5.74) is 0. The second-order valence-electron chi connectivity index (χ2n) is 15.5. The van der Waals surface area contributed by atoms with Crippen LogP contribution in [0.1, 0.15) is 240 Å². The lowest BCUT2D eigenvalue weighted by Crippen LogP contribution is -2.30. The van der Waals surface area contributed by atoms with Crippen LogP contribution in [0.15, 0.2) is 0 Å². The summed E-state index contributed by atoms with van der Waals surface area (Å²) < 4.78 is 16.7. The molecule has 0 bridgehead atoms. The first-order chi connectivity index (χ1) is 24.4. The zero-order valence-corrected chi connectivity index (χ0v) is 33.9. The van der Waals surface area contributed by atoms with E-state index in [9.17, 15) is 14.4 Å². The predicted octanol–water partition coefficient (Wildman–Crippen LogP) is 13.6. The standard InChI is InChI=1S/C44H84O6/c1-5-7-9-11-13-15-16-20-25-29-33-37-44(47)50-41(38-48-42(45)35-31-27-23-18-14-12-10-8-6-2)39-49-43(46)36-32-28-24-21-17-19-22-26-30-34-40(3)4/h40-41H,5-39H2,1-4H3/t41-/m0/s1. The molecule has 0 radical (unpaired) electrons. The molecule has 0 saturated heterocycles. The van der Waals surface area contributed by atoms with Gasteiger partial charge in [0, 0.05) is 19.3 Å². The van der Waals surface area contributed by atoms with E-state index in [4.69, 9.17) is 14.2 Å². The third-order valence-electron chi connectivity index (χ3n) is 9.79. The van der Waals surface area contributed by atoms with E-state index in [-0.39, 0.29) is 31.1 Å². The fourth-order valence-corrected chi connectivity index (χ4v) is 6.45. The fourth-order valence-electron chi connectivity index (χ4n) is 6.45. The average molecular weight is 709 g/mol.